The number of carbonyl (C=O) groups excluding carboxylic acids is 1. The average Bonchev–Trinajstić information content (AvgIpc) is 3.07. The molecule has 1 aliphatic rings. The smallest absolute Gasteiger partial charge is 0.377 e. The zero-order valence-electron chi connectivity index (χ0n) is 13.7. The van der Waals surface area contributed by atoms with Crippen LogP contribution in [0.3, 0.4) is 0 Å². The van der Waals surface area contributed by atoms with Crippen molar-refractivity contribution in [1.82, 2.24) is 9.46 Å². The first-order chi connectivity index (χ1) is 12.0. The summed E-state index contributed by atoms with van der Waals surface area (Å²) in [7, 11) is -3.59. The van der Waals surface area contributed by atoms with E-state index in [1.54, 1.807) is 19.1 Å². The van der Waals surface area contributed by atoms with Crippen molar-refractivity contribution in [3.05, 3.63) is 47.3 Å². The van der Waals surface area contributed by atoms with Crippen LogP contribution in [0.25, 0.3) is 0 Å². The Bertz CT molecular complexity index is 855. The van der Waals surface area contributed by atoms with E-state index in [-0.39, 0.29) is 17.3 Å². The van der Waals surface area contributed by atoms with Gasteiger partial charge in [0.1, 0.15) is 6.61 Å². The number of morpholine rings is 1. The van der Waals surface area contributed by atoms with Crippen molar-refractivity contribution in [1.29, 1.82) is 0 Å². The summed E-state index contributed by atoms with van der Waals surface area (Å²) in [5.74, 6) is -0.642. The van der Waals surface area contributed by atoms with Crippen LogP contribution in [0, 0.1) is 6.92 Å². The second-order valence-corrected chi connectivity index (χ2v) is 7.51. The number of aryl methyl sites for hydroxylation is 1. The van der Waals surface area contributed by atoms with Crippen LogP contribution in [-0.2, 0) is 26.1 Å². The van der Waals surface area contributed by atoms with Gasteiger partial charge in [0.15, 0.2) is 0 Å². The molecular weight excluding hydrogens is 348 g/mol. The van der Waals surface area contributed by atoms with E-state index < -0.39 is 16.0 Å². The average molecular weight is 366 g/mol. The van der Waals surface area contributed by atoms with Gasteiger partial charge >= 0.3 is 5.97 Å². The number of benzene rings is 1. The van der Waals surface area contributed by atoms with Gasteiger partial charge in [-0.2, -0.15) is 4.31 Å². The van der Waals surface area contributed by atoms with Gasteiger partial charge in [-0.1, -0.05) is 17.3 Å². The molecule has 3 rings (SSSR count). The predicted molar refractivity (Wildman–Crippen MR) is 86.4 cm³/mol. The van der Waals surface area contributed by atoms with Gasteiger partial charge in [-0.05, 0) is 24.6 Å². The number of carbonyl (C=O) groups is 1. The van der Waals surface area contributed by atoms with Gasteiger partial charge in [0.25, 0.3) is 0 Å². The minimum atomic E-state index is -3.59. The molecule has 2 aromatic rings. The Morgan fingerprint density at radius 1 is 1.28 bits per heavy atom. The molecule has 0 amide bonds. The zero-order chi connectivity index (χ0) is 17.9. The minimum Gasteiger partial charge on any atom is -0.455 e. The summed E-state index contributed by atoms with van der Waals surface area (Å²) in [6, 6.07) is 7.81. The first kappa shape index (κ1) is 17.6. The highest BCUT2D eigenvalue weighted by atomic mass is 32.2. The quantitative estimate of drug-likeness (QED) is 0.737. The molecule has 1 aromatic heterocycles. The van der Waals surface area contributed by atoms with Crippen molar-refractivity contribution in [3.8, 4) is 0 Å². The van der Waals surface area contributed by atoms with E-state index in [1.807, 2.05) is 0 Å². The molecule has 1 aromatic carbocycles. The lowest BCUT2D eigenvalue weighted by atomic mass is 10.2. The van der Waals surface area contributed by atoms with Crippen LogP contribution in [0.2, 0.25) is 0 Å². The summed E-state index contributed by atoms with van der Waals surface area (Å²) in [4.78, 5) is 12.0. The van der Waals surface area contributed by atoms with E-state index in [0.717, 1.165) is 0 Å². The maximum absolute atomic E-state index is 12.6. The number of sulfonamides is 1. The van der Waals surface area contributed by atoms with Gasteiger partial charge in [0, 0.05) is 19.2 Å². The van der Waals surface area contributed by atoms with E-state index in [4.69, 9.17) is 14.0 Å². The summed E-state index contributed by atoms with van der Waals surface area (Å²) in [6.07, 6.45) is 0. The lowest BCUT2D eigenvalue weighted by molar-refractivity contribution is 0.0425. The van der Waals surface area contributed by atoms with E-state index >= 15 is 0 Å². The molecule has 2 heterocycles. The molecule has 134 valence electrons. The molecule has 0 saturated carbocycles. The molecule has 0 radical (unpaired) electrons. The van der Waals surface area contributed by atoms with E-state index in [2.05, 4.69) is 5.16 Å². The highest BCUT2D eigenvalue weighted by Crippen LogP contribution is 2.19. The lowest BCUT2D eigenvalue weighted by Gasteiger charge is -2.26. The molecule has 0 unspecified atom stereocenters. The first-order valence-electron chi connectivity index (χ1n) is 7.74. The molecule has 25 heavy (non-hydrogen) atoms. The standard InChI is InChI=1S/C16H18N2O6S/c1-12-9-15(24-17-12)16(19)23-11-13-3-2-4-14(10-13)25(20,21)18-5-7-22-8-6-18/h2-4,9-10H,5-8,11H2,1H3. The molecule has 9 heteroatoms. The van der Waals surface area contributed by atoms with E-state index in [0.29, 0.717) is 37.6 Å². The molecule has 1 fully saturated rings. The summed E-state index contributed by atoms with van der Waals surface area (Å²) < 4.78 is 41.8. The molecule has 0 aliphatic carbocycles. The molecule has 0 bridgehead atoms. The first-order valence-corrected chi connectivity index (χ1v) is 9.18. The second kappa shape index (κ2) is 7.34. The fraction of sp³-hybridized carbons (Fsp3) is 0.375. The molecule has 0 N–H and O–H groups in total. The van der Waals surface area contributed by atoms with Crippen LogP contribution < -0.4 is 0 Å². The Hall–Kier alpha value is -2.23. The Morgan fingerprint density at radius 3 is 2.72 bits per heavy atom. The van der Waals surface area contributed by atoms with Crippen LogP contribution in [0.5, 0.6) is 0 Å². The number of rotatable bonds is 5. The van der Waals surface area contributed by atoms with Gasteiger partial charge in [-0.3, -0.25) is 0 Å². The van der Waals surface area contributed by atoms with Crippen LogP contribution in [0.15, 0.2) is 39.8 Å². The van der Waals surface area contributed by atoms with Crippen molar-refractivity contribution in [2.45, 2.75) is 18.4 Å². The third-order valence-corrected chi connectivity index (χ3v) is 5.60. The molecule has 0 spiro atoms. The maximum atomic E-state index is 12.6. The van der Waals surface area contributed by atoms with Crippen molar-refractivity contribution in [2.75, 3.05) is 26.3 Å². The molecule has 8 nitrogen and oxygen atoms in total. The zero-order valence-corrected chi connectivity index (χ0v) is 14.5. The molecular formula is C16H18N2O6S. The number of esters is 1. The van der Waals surface area contributed by atoms with Crippen molar-refractivity contribution < 1.29 is 27.2 Å². The number of hydrogen-bond acceptors (Lipinski definition) is 7. The van der Waals surface area contributed by atoms with Gasteiger partial charge < -0.3 is 14.0 Å². The summed E-state index contributed by atoms with van der Waals surface area (Å²) >= 11 is 0. The van der Waals surface area contributed by atoms with Crippen molar-refractivity contribution >= 4 is 16.0 Å². The Morgan fingerprint density at radius 2 is 2.04 bits per heavy atom. The normalized spacial score (nSPS) is 15.9. The molecule has 1 aliphatic heterocycles. The van der Waals surface area contributed by atoms with Crippen LogP contribution in [0.1, 0.15) is 21.8 Å². The fourth-order valence-corrected chi connectivity index (χ4v) is 3.89. The molecule has 1 saturated heterocycles. The monoisotopic (exact) mass is 366 g/mol. The summed E-state index contributed by atoms with van der Waals surface area (Å²) in [5.41, 5.74) is 1.14. The van der Waals surface area contributed by atoms with E-state index in [1.165, 1.54) is 22.5 Å². The Balaban J connectivity index is 1.70. The van der Waals surface area contributed by atoms with Gasteiger partial charge in [-0.15, -0.1) is 0 Å². The van der Waals surface area contributed by atoms with E-state index in [9.17, 15) is 13.2 Å². The minimum absolute atomic E-state index is 0.00888. The van der Waals surface area contributed by atoms with Gasteiger partial charge in [-0.25, -0.2) is 13.2 Å². The van der Waals surface area contributed by atoms with Crippen molar-refractivity contribution in [2.24, 2.45) is 0 Å². The van der Waals surface area contributed by atoms with Gasteiger partial charge in [0.05, 0.1) is 23.8 Å². The second-order valence-electron chi connectivity index (χ2n) is 5.57. The van der Waals surface area contributed by atoms with Crippen molar-refractivity contribution in [3.63, 3.8) is 0 Å². The third kappa shape index (κ3) is 4.06. The van der Waals surface area contributed by atoms with Crippen LogP contribution >= 0.6 is 0 Å². The summed E-state index contributed by atoms with van der Waals surface area (Å²) in [6.45, 7) is 3.05. The number of nitrogens with zero attached hydrogens (tertiary/aromatic N) is 2. The third-order valence-electron chi connectivity index (χ3n) is 3.71. The highest BCUT2D eigenvalue weighted by Gasteiger charge is 2.26. The largest absolute Gasteiger partial charge is 0.455 e. The highest BCUT2D eigenvalue weighted by molar-refractivity contribution is 7.89. The SMILES string of the molecule is Cc1cc(C(=O)OCc2cccc(S(=O)(=O)N3CCOCC3)c2)on1. The Labute approximate surface area is 145 Å². The van der Waals surface area contributed by atoms with Gasteiger partial charge in [0.2, 0.25) is 15.8 Å². The predicted octanol–water partition coefficient (Wildman–Crippen LogP) is 1.36. The Kier molecular flexibility index (Phi) is 5.16. The lowest BCUT2D eigenvalue weighted by Crippen LogP contribution is -2.40. The number of hydrogen-bond donors (Lipinski definition) is 0. The summed E-state index contributed by atoms with van der Waals surface area (Å²) in [5, 5.41) is 3.62. The molecule has 0 atom stereocenters. The topological polar surface area (TPSA) is 98.9 Å². The number of ether oxygens (including phenoxy) is 2. The van der Waals surface area contributed by atoms with Crippen LogP contribution in [-0.4, -0.2) is 50.2 Å². The maximum Gasteiger partial charge on any atom is 0.377 e. The van der Waals surface area contributed by atoms with Crippen LogP contribution in [0.4, 0.5) is 0 Å². The number of aromatic nitrogens is 1. The fourth-order valence-electron chi connectivity index (χ4n) is 2.41.